The van der Waals surface area contributed by atoms with E-state index in [2.05, 4.69) is 0 Å². The molecule has 14 heavy (non-hydrogen) atoms. The van der Waals surface area contributed by atoms with Gasteiger partial charge in [0.15, 0.2) is 0 Å². The lowest BCUT2D eigenvalue weighted by Crippen LogP contribution is -2.25. The number of hydrogen-bond acceptors (Lipinski definition) is 3. The van der Waals surface area contributed by atoms with Crippen LogP contribution in [0.2, 0.25) is 0 Å². The van der Waals surface area contributed by atoms with Crippen molar-refractivity contribution in [2.75, 3.05) is 22.3 Å². The van der Waals surface area contributed by atoms with Crippen LogP contribution in [0.5, 0.6) is 0 Å². The van der Waals surface area contributed by atoms with Crippen molar-refractivity contribution in [3.05, 3.63) is 23.8 Å². The predicted octanol–water partition coefficient (Wildman–Crippen LogP) is 1.61. The van der Waals surface area contributed by atoms with Gasteiger partial charge in [0.1, 0.15) is 0 Å². The number of amides is 1. The summed E-state index contributed by atoms with van der Waals surface area (Å²) in [6, 6.07) is 5.76. The van der Waals surface area contributed by atoms with Crippen molar-refractivity contribution in [1.29, 1.82) is 0 Å². The number of carbonyl (C=O) groups excluding carboxylic acids is 1. The van der Waals surface area contributed by atoms with Crippen molar-refractivity contribution in [2.24, 2.45) is 0 Å². The zero-order valence-electron chi connectivity index (χ0n) is 7.99. The average molecular weight is 208 g/mol. The van der Waals surface area contributed by atoms with Gasteiger partial charge < -0.3 is 5.73 Å². The lowest BCUT2D eigenvalue weighted by Gasteiger charge is -2.17. The van der Waals surface area contributed by atoms with E-state index in [1.54, 1.807) is 16.7 Å². The predicted molar refractivity (Wildman–Crippen MR) is 60.4 cm³/mol. The molecule has 0 unspecified atom stereocenters. The van der Waals surface area contributed by atoms with Crippen molar-refractivity contribution in [2.45, 2.75) is 6.92 Å². The number of benzene rings is 1. The molecule has 1 saturated heterocycles. The van der Waals surface area contributed by atoms with E-state index in [-0.39, 0.29) is 5.91 Å². The minimum atomic E-state index is 0.146. The number of anilines is 2. The molecule has 1 aliphatic heterocycles. The van der Waals surface area contributed by atoms with Crippen molar-refractivity contribution in [3.8, 4) is 0 Å². The fourth-order valence-electron chi connectivity index (χ4n) is 1.47. The van der Waals surface area contributed by atoms with Gasteiger partial charge in [-0.15, -0.1) is 11.8 Å². The number of thioether (sulfide) groups is 1. The molecule has 3 nitrogen and oxygen atoms in total. The normalized spacial score (nSPS) is 16.4. The molecule has 0 spiro atoms. The topological polar surface area (TPSA) is 46.3 Å². The zero-order valence-corrected chi connectivity index (χ0v) is 8.80. The first-order chi connectivity index (χ1) is 6.68. The first-order valence-electron chi connectivity index (χ1n) is 4.43. The number of nitrogen functional groups attached to an aromatic ring is 1. The monoisotopic (exact) mass is 208 g/mol. The Morgan fingerprint density at radius 3 is 2.93 bits per heavy atom. The maximum atomic E-state index is 11.5. The van der Waals surface area contributed by atoms with Crippen LogP contribution in [0.1, 0.15) is 5.56 Å². The van der Waals surface area contributed by atoms with Crippen molar-refractivity contribution in [1.82, 2.24) is 0 Å². The van der Waals surface area contributed by atoms with Gasteiger partial charge in [-0.25, -0.2) is 0 Å². The number of nitrogens with zero attached hydrogens (tertiary/aromatic N) is 1. The second-order valence-electron chi connectivity index (χ2n) is 3.36. The van der Waals surface area contributed by atoms with E-state index in [9.17, 15) is 4.79 Å². The molecular formula is C10H12N2OS. The minimum absolute atomic E-state index is 0.146. The van der Waals surface area contributed by atoms with E-state index in [1.807, 2.05) is 25.1 Å². The van der Waals surface area contributed by atoms with Gasteiger partial charge in [0.2, 0.25) is 5.91 Å². The molecule has 1 fully saturated rings. The first-order valence-corrected chi connectivity index (χ1v) is 5.58. The Kier molecular flexibility index (Phi) is 2.37. The van der Waals surface area contributed by atoms with Gasteiger partial charge in [-0.2, -0.15) is 0 Å². The highest BCUT2D eigenvalue weighted by atomic mass is 32.2. The minimum Gasteiger partial charge on any atom is -0.397 e. The summed E-state index contributed by atoms with van der Waals surface area (Å²) in [4.78, 5) is 13.2. The van der Waals surface area contributed by atoms with Gasteiger partial charge in [-0.3, -0.25) is 9.69 Å². The fourth-order valence-corrected chi connectivity index (χ4v) is 2.35. The Morgan fingerprint density at radius 2 is 2.29 bits per heavy atom. The number of hydrogen-bond donors (Lipinski definition) is 1. The van der Waals surface area contributed by atoms with Gasteiger partial charge >= 0.3 is 0 Å². The quantitative estimate of drug-likeness (QED) is 0.713. The molecule has 0 saturated carbocycles. The fraction of sp³-hybridized carbons (Fsp3) is 0.300. The molecule has 1 amide bonds. The van der Waals surface area contributed by atoms with E-state index in [0.717, 1.165) is 11.3 Å². The standard InChI is InChI=1S/C10H12N2OS/c1-7-2-3-8(11)9(4-7)12-6-14-5-10(12)13/h2-4H,5-6,11H2,1H3. The molecule has 0 aliphatic carbocycles. The molecule has 0 radical (unpaired) electrons. The second-order valence-corrected chi connectivity index (χ2v) is 4.32. The number of rotatable bonds is 1. The maximum Gasteiger partial charge on any atom is 0.237 e. The molecule has 2 rings (SSSR count). The molecular weight excluding hydrogens is 196 g/mol. The molecule has 0 bridgehead atoms. The maximum absolute atomic E-state index is 11.5. The molecule has 4 heteroatoms. The Hall–Kier alpha value is -1.16. The molecule has 74 valence electrons. The molecule has 0 atom stereocenters. The van der Waals surface area contributed by atoms with Gasteiger partial charge in [0.05, 0.1) is 23.0 Å². The van der Waals surface area contributed by atoms with Crippen LogP contribution < -0.4 is 10.6 Å². The molecule has 1 aromatic rings. The summed E-state index contributed by atoms with van der Waals surface area (Å²) in [7, 11) is 0. The van der Waals surface area contributed by atoms with Crippen LogP contribution in [0.25, 0.3) is 0 Å². The van der Waals surface area contributed by atoms with Crippen molar-refractivity contribution >= 4 is 29.0 Å². The van der Waals surface area contributed by atoms with Crippen LogP contribution in [0.15, 0.2) is 18.2 Å². The summed E-state index contributed by atoms with van der Waals surface area (Å²) < 4.78 is 0. The highest BCUT2D eigenvalue weighted by molar-refractivity contribution is 8.00. The van der Waals surface area contributed by atoms with Crippen LogP contribution >= 0.6 is 11.8 Å². The highest BCUT2D eigenvalue weighted by Crippen LogP contribution is 2.29. The molecule has 0 aromatic heterocycles. The number of aryl methyl sites for hydroxylation is 1. The van der Waals surface area contributed by atoms with Crippen LogP contribution in [-0.4, -0.2) is 17.5 Å². The SMILES string of the molecule is Cc1ccc(N)c(N2CSCC2=O)c1. The van der Waals surface area contributed by atoms with Gasteiger partial charge in [-0.05, 0) is 24.6 Å². The van der Waals surface area contributed by atoms with E-state index < -0.39 is 0 Å². The molecule has 1 heterocycles. The zero-order chi connectivity index (χ0) is 10.1. The number of carbonyl (C=O) groups is 1. The van der Waals surface area contributed by atoms with Crippen LogP contribution in [0.3, 0.4) is 0 Å². The van der Waals surface area contributed by atoms with Crippen LogP contribution in [0.4, 0.5) is 11.4 Å². The van der Waals surface area contributed by atoms with E-state index in [0.29, 0.717) is 17.3 Å². The molecule has 2 N–H and O–H groups in total. The summed E-state index contributed by atoms with van der Waals surface area (Å²) in [6.45, 7) is 2.00. The Labute approximate surface area is 87.3 Å². The lowest BCUT2D eigenvalue weighted by atomic mass is 10.2. The second kappa shape index (κ2) is 3.53. The highest BCUT2D eigenvalue weighted by Gasteiger charge is 2.23. The third kappa shape index (κ3) is 1.57. The third-order valence-corrected chi connectivity index (χ3v) is 3.12. The molecule has 1 aliphatic rings. The summed E-state index contributed by atoms with van der Waals surface area (Å²) in [5.74, 6) is 1.42. The van der Waals surface area contributed by atoms with Gasteiger partial charge in [-0.1, -0.05) is 6.07 Å². The Morgan fingerprint density at radius 1 is 1.50 bits per heavy atom. The third-order valence-electron chi connectivity index (χ3n) is 2.22. The smallest absolute Gasteiger partial charge is 0.237 e. The Balaban J connectivity index is 2.39. The van der Waals surface area contributed by atoms with Gasteiger partial charge in [0.25, 0.3) is 0 Å². The Bertz CT molecular complexity index is 378. The summed E-state index contributed by atoms with van der Waals surface area (Å²) in [6.07, 6.45) is 0. The summed E-state index contributed by atoms with van der Waals surface area (Å²) in [5, 5.41) is 0. The molecule has 1 aromatic carbocycles. The lowest BCUT2D eigenvalue weighted by molar-refractivity contribution is -0.115. The summed E-state index contributed by atoms with van der Waals surface area (Å²) in [5.41, 5.74) is 8.47. The summed E-state index contributed by atoms with van der Waals surface area (Å²) >= 11 is 1.62. The van der Waals surface area contributed by atoms with E-state index in [4.69, 9.17) is 5.73 Å². The van der Waals surface area contributed by atoms with Crippen molar-refractivity contribution in [3.63, 3.8) is 0 Å². The van der Waals surface area contributed by atoms with E-state index in [1.165, 1.54) is 0 Å². The van der Waals surface area contributed by atoms with Crippen LogP contribution in [0, 0.1) is 6.92 Å². The van der Waals surface area contributed by atoms with Crippen LogP contribution in [-0.2, 0) is 4.79 Å². The first kappa shape index (κ1) is 9.40. The van der Waals surface area contributed by atoms with E-state index >= 15 is 0 Å². The number of nitrogens with two attached hydrogens (primary N) is 1. The van der Waals surface area contributed by atoms with Crippen molar-refractivity contribution < 1.29 is 4.79 Å². The average Bonchev–Trinajstić information content (AvgIpc) is 2.56. The largest absolute Gasteiger partial charge is 0.397 e. The van der Waals surface area contributed by atoms with Gasteiger partial charge in [0, 0.05) is 0 Å².